The van der Waals surface area contributed by atoms with Gasteiger partial charge in [0.2, 0.25) is 5.91 Å². The van der Waals surface area contributed by atoms with Gasteiger partial charge in [0.15, 0.2) is 9.84 Å². The molecule has 0 saturated carbocycles. The SMILES string of the molecule is Cc1nc(C)n(C(C)CC(=O)N2CCC(c3ncccc3S(C)(=O)=O)CC2)n1. The normalized spacial score (nSPS) is 16.9. The third kappa shape index (κ3) is 4.40. The van der Waals surface area contributed by atoms with E-state index in [1.807, 2.05) is 25.7 Å². The van der Waals surface area contributed by atoms with Crippen molar-refractivity contribution < 1.29 is 13.2 Å². The lowest BCUT2D eigenvalue weighted by Crippen LogP contribution is -2.39. The quantitative estimate of drug-likeness (QED) is 0.755. The molecule has 1 saturated heterocycles. The van der Waals surface area contributed by atoms with Crippen molar-refractivity contribution in [2.75, 3.05) is 19.3 Å². The van der Waals surface area contributed by atoms with E-state index in [-0.39, 0.29) is 17.9 Å². The molecule has 152 valence electrons. The first-order valence-corrected chi connectivity index (χ1v) is 11.4. The zero-order valence-corrected chi connectivity index (χ0v) is 17.6. The Morgan fingerprint density at radius 3 is 2.54 bits per heavy atom. The van der Waals surface area contributed by atoms with E-state index in [0.717, 1.165) is 5.82 Å². The molecule has 9 heteroatoms. The number of aromatic nitrogens is 4. The van der Waals surface area contributed by atoms with Crippen molar-refractivity contribution in [1.29, 1.82) is 0 Å². The topological polar surface area (TPSA) is 98.0 Å². The number of piperidine rings is 1. The minimum absolute atomic E-state index is 0.0487. The average Bonchev–Trinajstić information content (AvgIpc) is 2.99. The standard InChI is InChI=1S/C19H27N5O3S/c1-13(24-15(3)21-14(2)22-24)12-18(25)23-10-7-16(8-11-23)19-17(28(4,26)27)6-5-9-20-19/h5-6,9,13,16H,7-8,10-12H2,1-4H3. The van der Waals surface area contributed by atoms with Gasteiger partial charge in [-0.1, -0.05) is 0 Å². The van der Waals surface area contributed by atoms with Gasteiger partial charge in [-0.2, -0.15) is 5.10 Å². The largest absolute Gasteiger partial charge is 0.343 e. The summed E-state index contributed by atoms with van der Waals surface area (Å²) in [4.78, 5) is 23.5. The molecular formula is C19H27N5O3S. The number of hydrogen-bond acceptors (Lipinski definition) is 6. The van der Waals surface area contributed by atoms with Crippen LogP contribution in [0.5, 0.6) is 0 Å². The predicted octanol–water partition coefficient (Wildman–Crippen LogP) is 2.05. The fourth-order valence-corrected chi connectivity index (χ4v) is 4.77. The molecule has 0 aliphatic carbocycles. The van der Waals surface area contributed by atoms with Crippen LogP contribution in [0.25, 0.3) is 0 Å². The van der Waals surface area contributed by atoms with E-state index in [4.69, 9.17) is 0 Å². The Morgan fingerprint density at radius 2 is 1.96 bits per heavy atom. The van der Waals surface area contributed by atoms with Gasteiger partial charge in [-0.05, 0) is 45.7 Å². The molecule has 2 aromatic heterocycles. The van der Waals surface area contributed by atoms with Crippen molar-refractivity contribution in [3.63, 3.8) is 0 Å². The summed E-state index contributed by atoms with van der Waals surface area (Å²) >= 11 is 0. The maximum Gasteiger partial charge on any atom is 0.224 e. The average molecular weight is 406 g/mol. The molecule has 1 aliphatic heterocycles. The van der Waals surface area contributed by atoms with E-state index in [2.05, 4.69) is 15.1 Å². The third-order valence-corrected chi connectivity index (χ3v) is 6.37. The number of likely N-dealkylation sites (tertiary alicyclic amines) is 1. The van der Waals surface area contributed by atoms with Gasteiger partial charge in [-0.15, -0.1) is 0 Å². The van der Waals surface area contributed by atoms with Crippen molar-refractivity contribution in [3.05, 3.63) is 35.7 Å². The number of sulfone groups is 1. The number of rotatable bonds is 5. The second-order valence-corrected chi connectivity index (χ2v) is 9.50. The monoisotopic (exact) mass is 405 g/mol. The summed E-state index contributed by atoms with van der Waals surface area (Å²) in [5.41, 5.74) is 0.624. The molecule has 2 aromatic rings. The fourth-order valence-electron chi connectivity index (χ4n) is 3.85. The second-order valence-electron chi connectivity index (χ2n) is 7.52. The summed E-state index contributed by atoms with van der Waals surface area (Å²) in [5, 5.41) is 4.36. The van der Waals surface area contributed by atoms with Crippen LogP contribution < -0.4 is 0 Å². The number of hydrogen-bond donors (Lipinski definition) is 0. The third-order valence-electron chi connectivity index (χ3n) is 5.23. The Balaban J connectivity index is 1.63. The minimum Gasteiger partial charge on any atom is -0.343 e. The molecule has 3 heterocycles. The first kappa shape index (κ1) is 20.4. The Labute approximate surface area is 165 Å². The van der Waals surface area contributed by atoms with Crippen LogP contribution in [-0.4, -0.2) is 58.3 Å². The Morgan fingerprint density at radius 1 is 1.29 bits per heavy atom. The smallest absolute Gasteiger partial charge is 0.224 e. The van der Waals surface area contributed by atoms with Crippen LogP contribution in [0.3, 0.4) is 0 Å². The van der Waals surface area contributed by atoms with Crippen molar-refractivity contribution >= 4 is 15.7 Å². The molecule has 0 radical (unpaired) electrons. The highest BCUT2D eigenvalue weighted by atomic mass is 32.2. The summed E-state index contributed by atoms with van der Waals surface area (Å²) in [7, 11) is -3.32. The van der Waals surface area contributed by atoms with Gasteiger partial charge in [0.1, 0.15) is 11.6 Å². The van der Waals surface area contributed by atoms with Crippen molar-refractivity contribution in [2.45, 2.75) is 56.9 Å². The number of carbonyl (C=O) groups excluding carboxylic acids is 1. The number of pyridine rings is 1. The van der Waals surface area contributed by atoms with Crippen molar-refractivity contribution in [3.8, 4) is 0 Å². The van der Waals surface area contributed by atoms with Crippen LogP contribution in [0.15, 0.2) is 23.2 Å². The molecule has 0 spiro atoms. The Kier molecular flexibility index (Phi) is 5.83. The predicted molar refractivity (Wildman–Crippen MR) is 105 cm³/mol. The highest BCUT2D eigenvalue weighted by Crippen LogP contribution is 2.31. The molecule has 1 fully saturated rings. The first-order valence-electron chi connectivity index (χ1n) is 9.49. The lowest BCUT2D eigenvalue weighted by atomic mass is 9.92. The molecular weight excluding hydrogens is 378 g/mol. The van der Waals surface area contributed by atoms with Gasteiger partial charge in [-0.25, -0.2) is 18.1 Å². The fraction of sp³-hybridized carbons (Fsp3) is 0.579. The van der Waals surface area contributed by atoms with Gasteiger partial charge in [0.05, 0.1) is 16.6 Å². The zero-order chi connectivity index (χ0) is 20.5. The molecule has 0 N–H and O–H groups in total. The van der Waals surface area contributed by atoms with Gasteiger partial charge in [-0.3, -0.25) is 9.78 Å². The van der Waals surface area contributed by atoms with Crippen LogP contribution in [0, 0.1) is 13.8 Å². The van der Waals surface area contributed by atoms with E-state index in [0.29, 0.717) is 48.8 Å². The maximum atomic E-state index is 12.7. The number of amides is 1. The number of aryl methyl sites for hydroxylation is 2. The van der Waals surface area contributed by atoms with Crippen LogP contribution in [0.4, 0.5) is 0 Å². The lowest BCUT2D eigenvalue weighted by Gasteiger charge is -2.33. The molecule has 1 amide bonds. The van der Waals surface area contributed by atoms with Crippen molar-refractivity contribution in [1.82, 2.24) is 24.6 Å². The molecule has 8 nitrogen and oxygen atoms in total. The van der Waals surface area contributed by atoms with Crippen LogP contribution in [-0.2, 0) is 14.6 Å². The summed E-state index contributed by atoms with van der Waals surface area (Å²) in [5.74, 6) is 1.64. The van der Waals surface area contributed by atoms with Crippen LogP contribution >= 0.6 is 0 Å². The van der Waals surface area contributed by atoms with E-state index >= 15 is 0 Å². The van der Waals surface area contributed by atoms with E-state index < -0.39 is 9.84 Å². The molecule has 28 heavy (non-hydrogen) atoms. The highest BCUT2D eigenvalue weighted by molar-refractivity contribution is 7.90. The zero-order valence-electron chi connectivity index (χ0n) is 16.8. The van der Waals surface area contributed by atoms with Gasteiger partial charge >= 0.3 is 0 Å². The molecule has 1 atom stereocenters. The summed E-state index contributed by atoms with van der Waals surface area (Å²) in [6, 6.07) is 3.20. The first-order chi connectivity index (χ1) is 13.2. The van der Waals surface area contributed by atoms with E-state index in [1.54, 1.807) is 23.0 Å². The summed E-state index contributed by atoms with van der Waals surface area (Å²) in [6.45, 7) is 6.90. The molecule has 0 bridgehead atoms. The lowest BCUT2D eigenvalue weighted by molar-refractivity contribution is -0.133. The van der Waals surface area contributed by atoms with Gasteiger partial charge in [0, 0.05) is 37.9 Å². The number of nitrogens with zero attached hydrogens (tertiary/aromatic N) is 5. The Hall–Kier alpha value is -2.29. The Bertz CT molecular complexity index is 962. The molecule has 1 aliphatic rings. The molecule has 0 aromatic carbocycles. The van der Waals surface area contributed by atoms with E-state index in [9.17, 15) is 13.2 Å². The highest BCUT2D eigenvalue weighted by Gasteiger charge is 2.29. The van der Waals surface area contributed by atoms with Crippen molar-refractivity contribution in [2.24, 2.45) is 0 Å². The summed E-state index contributed by atoms with van der Waals surface area (Å²) < 4.78 is 25.9. The summed E-state index contributed by atoms with van der Waals surface area (Å²) in [6.07, 6.45) is 4.63. The second kappa shape index (κ2) is 7.98. The maximum absolute atomic E-state index is 12.7. The van der Waals surface area contributed by atoms with Gasteiger partial charge < -0.3 is 4.90 Å². The molecule has 1 unspecified atom stereocenters. The van der Waals surface area contributed by atoms with Crippen LogP contribution in [0.2, 0.25) is 0 Å². The number of carbonyl (C=O) groups is 1. The van der Waals surface area contributed by atoms with Crippen LogP contribution in [0.1, 0.15) is 55.5 Å². The minimum atomic E-state index is -3.32. The van der Waals surface area contributed by atoms with E-state index in [1.165, 1.54) is 6.26 Å². The van der Waals surface area contributed by atoms with Gasteiger partial charge in [0.25, 0.3) is 0 Å². The molecule has 3 rings (SSSR count).